The topological polar surface area (TPSA) is 72.7 Å². The Morgan fingerprint density at radius 1 is 1.29 bits per heavy atom. The number of carbonyl (C=O) groups is 1. The van der Waals surface area contributed by atoms with Crippen LogP contribution in [0, 0.1) is 13.8 Å². The van der Waals surface area contributed by atoms with E-state index in [-0.39, 0.29) is 5.91 Å². The number of carbonyl (C=O) groups excluding carboxylic acids is 1. The van der Waals surface area contributed by atoms with Crippen LogP contribution in [0.4, 0.5) is 5.69 Å². The number of nitrogens with zero attached hydrogens (tertiary/aromatic N) is 4. The first-order valence-corrected chi connectivity index (χ1v) is 7.21. The number of nitrogens with one attached hydrogen (secondary N) is 1. The lowest BCUT2D eigenvalue weighted by atomic mass is 10.3. The van der Waals surface area contributed by atoms with Gasteiger partial charge in [-0.1, -0.05) is 0 Å². The molecule has 3 heterocycles. The van der Waals surface area contributed by atoms with Gasteiger partial charge >= 0.3 is 0 Å². The molecule has 3 aromatic rings. The van der Waals surface area contributed by atoms with Gasteiger partial charge in [0, 0.05) is 17.8 Å². The third kappa shape index (κ3) is 2.82. The van der Waals surface area contributed by atoms with Crippen molar-refractivity contribution in [1.82, 2.24) is 19.5 Å². The molecule has 6 nitrogen and oxygen atoms in total. The lowest BCUT2D eigenvalue weighted by Crippen LogP contribution is -2.12. The van der Waals surface area contributed by atoms with E-state index < -0.39 is 0 Å². The van der Waals surface area contributed by atoms with Gasteiger partial charge in [0.05, 0.1) is 16.9 Å². The van der Waals surface area contributed by atoms with Crippen LogP contribution < -0.4 is 5.32 Å². The molecule has 0 bridgehead atoms. The third-order valence-electron chi connectivity index (χ3n) is 2.93. The first-order chi connectivity index (χ1) is 10.1. The lowest BCUT2D eigenvalue weighted by molar-refractivity contribution is 0.102. The van der Waals surface area contributed by atoms with Gasteiger partial charge in [0.1, 0.15) is 17.3 Å². The molecule has 3 aromatic heterocycles. The summed E-state index contributed by atoms with van der Waals surface area (Å²) in [5.41, 5.74) is 1.05. The number of amides is 1. The van der Waals surface area contributed by atoms with Crippen molar-refractivity contribution in [3.05, 3.63) is 52.6 Å². The highest BCUT2D eigenvalue weighted by molar-refractivity contribution is 7.09. The largest absolute Gasteiger partial charge is 0.319 e. The molecule has 7 heteroatoms. The maximum absolute atomic E-state index is 12.0. The zero-order valence-electron chi connectivity index (χ0n) is 11.6. The van der Waals surface area contributed by atoms with Gasteiger partial charge in [-0.05, 0) is 26.0 Å². The van der Waals surface area contributed by atoms with Crippen molar-refractivity contribution in [3.8, 4) is 5.82 Å². The van der Waals surface area contributed by atoms with Crippen LogP contribution >= 0.6 is 11.3 Å². The minimum absolute atomic E-state index is 0.229. The van der Waals surface area contributed by atoms with Crippen LogP contribution in [0.3, 0.4) is 0 Å². The lowest BCUT2D eigenvalue weighted by Gasteiger charge is -2.06. The summed E-state index contributed by atoms with van der Waals surface area (Å²) in [6.45, 7) is 3.77. The number of hydrogen-bond acceptors (Lipinski definition) is 5. The van der Waals surface area contributed by atoms with E-state index in [9.17, 15) is 4.79 Å². The summed E-state index contributed by atoms with van der Waals surface area (Å²) in [7, 11) is 0. The van der Waals surface area contributed by atoms with Crippen LogP contribution in [0.5, 0.6) is 0 Å². The van der Waals surface area contributed by atoms with Gasteiger partial charge in [-0.3, -0.25) is 9.36 Å². The van der Waals surface area contributed by atoms with Gasteiger partial charge < -0.3 is 5.32 Å². The summed E-state index contributed by atoms with van der Waals surface area (Å²) in [4.78, 5) is 24.6. The minimum Gasteiger partial charge on any atom is -0.319 e. The van der Waals surface area contributed by atoms with Crippen LogP contribution in [0.1, 0.15) is 21.3 Å². The van der Waals surface area contributed by atoms with Gasteiger partial charge in [0.15, 0.2) is 0 Å². The molecule has 0 aliphatic carbocycles. The Balaban J connectivity index is 1.76. The minimum atomic E-state index is -0.229. The number of aromatic nitrogens is 4. The van der Waals surface area contributed by atoms with Crippen molar-refractivity contribution in [3.63, 3.8) is 0 Å². The van der Waals surface area contributed by atoms with Crippen LogP contribution in [-0.4, -0.2) is 25.4 Å². The molecule has 0 radical (unpaired) electrons. The van der Waals surface area contributed by atoms with Crippen molar-refractivity contribution >= 4 is 22.9 Å². The second-order valence-electron chi connectivity index (χ2n) is 4.46. The average molecular weight is 299 g/mol. The highest BCUT2D eigenvalue weighted by Crippen LogP contribution is 2.14. The summed E-state index contributed by atoms with van der Waals surface area (Å²) in [5.74, 6) is 1.39. The smallest absolute Gasteiger partial charge is 0.275 e. The van der Waals surface area contributed by atoms with Crippen molar-refractivity contribution in [2.75, 3.05) is 5.32 Å². The molecule has 0 spiro atoms. The van der Waals surface area contributed by atoms with Crippen molar-refractivity contribution in [1.29, 1.82) is 0 Å². The van der Waals surface area contributed by atoms with Crippen LogP contribution in [-0.2, 0) is 0 Å². The van der Waals surface area contributed by atoms with Crippen LogP contribution in [0.15, 0.2) is 36.1 Å². The number of pyridine rings is 1. The molecular formula is C14H13N5OS. The zero-order valence-corrected chi connectivity index (χ0v) is 12.4. The Labute approximate surface area is 125 Å². The molecule has 106 valence electrons. The van der Waals surface area contributed by atoms with E-state index in [1.807, 2.05) is 30.7 Å². The fraction of sp³-hybridized carbons (Fsp3) is 0.143. The second kappa shape index (κ2) is 5.45. The normalized spacial score (nSPS) is 10.6. The summed E-state index contributed by atoms with van der Waals surface area (Å²) < 4.78 is 1.87. The standard InChI is InChI=1S/C14H13N5OS/c1-9-15-5-6-19(9)13-4-3-11(7-16-13)18-14(20)12-8-21-10(2)17-12/h3-8H,1-2H3,(H,18,20). The quantitative estimate of drug-likeness (QED) is 0.807. The van der Waals surface area contributed by atoms with E-state index >= 15 is 0 Å². The first kappa shape index (κ1) is 13.4. The molecule has 1 amide bonds. The average Bonchev–Trinajstić information content (AvgIpc) is 3.08. The molecule has 0 unspecified atom stereocenters. The van der Waals surface area contributed by atoms with E-state index in [1.54, 1.807) is 23.8 Å². The van der Waals surface area contributed by atoms with Gasteiger partial charge in [-0.15, -0.1) is 11.3 Å². The molecular weight excluding hydrogens is 286 g/mol. The highest BCUT2D eigenvalue weighted by Gasteiger charge is 2.10. The van der Waals surface area contributed by atoms with Crippen molar-refractivity contribution in [2.24, 2.45) is 0 Å². The molecule has 0 aliphatic heterocycles. The molecule has 0 saturated heterocycles. The Hall–Kier alpha value is -2.54. The number of rotatable bonds is 3. The number of anilines is 1. The fourth-order valence-corrected chi connectivity index (χ4v) is 2.48. The molecule has 0 fully saturated rings. The zero-order chi connectivity index (χ0) is 14.8. The van der Waals surface area contributed by atoms with Gasteiger partial charge in [0.25, 0.3) is 5.91 Å². The van der Waals surface area contributed by atoms with Gasteiger partial charge in [-0.2, -0.15) is 0 Å². The summed E-state index contributed by atoms with van der Waals surface area (Å²) in [6, 6.07) is 3.63. The van der Waals surface area contributed by atoms with Gasteiger partial charge in [-0.25, -0.2) is 15.0 Å². The van der Waals surface area contributed by atoms with Crippen LogP contribution in [0.2, 0.25) is 0 Å². The Bertz CT molecular complexity index is 775. The maximum atomic E-state index is 12.0. The van der Waals surface area contributed by atoms with E-state index in [2.05, 4.69) is 20.3 Å². The summed E-state index contributed by atoms with van der Waals surface area (Å²) in [5, 5.41) is 5.38. The second-order valence-corrected chi connectivity index (χ2v) is 5.52. The molecule has 0 aromatic carbocycles. The molecule has 1 N–H and O–H groups in total. The predicted octanol–water partition coefficient (Wildman–Crippen LogP) is 2.59. The van der Waals surface area contributed by atoms with Crippen LogP contribution in [0.25, 0.3) is 5.82 Å². The predicted molar refractivity (Wildman–Crippen MR) is 80.9 cm³/mol. The summed E-state index contributed by atoms with van der Waals surface area (Å²) >= 11 is 1.45. The van der Waals surface area contributed by atoms with E-state index in [0.717, 1.165) is 16.6 Å². The molecule has 0 saturated carbocycles. The number of hydrogen-bond donors (Lipinski definition) is 1. The monoisotopic (exact) mass is 299 g/mol. The highest BCUT2D eigenvalue weighted by atomic mass is 32.1. The van der Waals surface area contributed by atoms with Crippen molar-refractivity contribution in [2.45, 2.75) is 13.8 Å². The first-order valence-electron chi connectivity index (χ1n) is 6.33. The molecule has 0 atom stereocenters. The van der Waals surface area contributed by atoms with Gasteiger partial charge in [0.2, 0.25) is 0 Å². The van der Waals surface area contributed by atoms with E-state index in [1.165, 1.54) is 11.3 Å². The Morgan fingerprint density at radius 2 is 2.14 bits per heavy atom. The number of aryl methyl sites for hydroxylation is 2. The summed E-state index contributed by atoms with van der Waals surface area (Å²) in [6.07, 6.45) is 5.18. The number of imidazole rings is 1. The SMILES string of the molecule is Cc1nc(C(=O)Nc2ccc(-n3ccnc3C)nc2)cs1. The molecule has 0 aliphatic rings. The Morgan fingerprint density at radius 3 is 2.71 bits per heavy atom. The maximum Gasteiger partial charge on any atom is 0.275 e. The molecule has 3 rings (SSSR count). The molecule has 21 heavy (non-hydrogen) atoms. The Kier molecular flexibility index (Phi) is 3.49. The van der Waals surface area contributed by atoms with E-state index in [4.69, 9.17) is 0 Å². The van der Waals surface area contributed by atoms with E-state index in [0.29, 0.717) is 11.4 Å². The third-order valence-corrected chi connectivity index (χ3v) is 3.70. The number of thiazole rings is 1. The van der Waals surface area contributed by atoms with Crippen molar-refractivity contribution < 1.29 is 4.79 Å². The fourth-order valence-electron chi connectivity index (χ4n) is 1.89.